The third kappa shape index (κ3) is 8.98. The summed E-state index contributed by atoms with van der Waals surface area (Å²) in [6.45, 7) is 3.76. The van der Waals surface area contributed by atoms with Gasteiger partial charge in [-0.2, -0.15) is 0 Å². The average molecular weight is 305 g/mol. The van der Waals surface area contributed by atoms with Crippen molar-refractivity contribution in [2.45, 2.75) is 26.3 Å². The minimum Gasteiger partial charge on any atom is -0.480 e. The van der Waals surface area contributed by atoms with Crippen molar-refractivity contribution in [1.82, 2.24) is 5.32 Å². The summed E-state index contributed by atoms with van der Waals surface area (Å²) in [7, 11) is 1.50. The van der Waals surface area contributed by atoms with E-state index in [9.17, 15) is 14.4 Å². The van der Waals surface area contributed by atoms with Gasteiger partial charge in [0, 0.05) is 7.11 Å². The van der Waals surface area contributed by atoms with Gasteiger partial charge in [-0.05, 0) is 12.8 Å². The SMILES string of the molecule is CCOC(=O)C[C@@H](C)[C@@H](NC(=O)COCCOC)C(=O)O. The first-order valence-electron chi connectivity index (χ1n) is 6.66. The van der Waals surface area contributed by atoms with E-state index in [0.717, 1.165) is 0 Å². The number of carbonyl (C=O) groups excluding carboxylic acids is 2. The second-order valence-corrected chi connectivity index (χ2v) is 4.42. The fraction of sp³-hybridized carbons (Fsp3) is 0.769. The number of carboxylic acids is 1. The number of amides is 1. The number of hydrogen-bond acceptors (Lipinski definition) is 6. The van der Waals surface area contributed by atoms with Gasteiger partial charge in [0.1, 0.15) is 12.6 Å². The highest BCUT2D eigenvalue weighted by atomic mass is 16.5. The molecule has 122 valence electrons. The summed E-state index contributed by atoms with van der Waals surface area (Å²) < 4.78 is 14.5. The lowest BCUT2D eigenvalue weighted by molar-refractivity contribution is -0.147. The summed E-state index contributed by atoms with van der Waals surface area (Å²) >= 11 is 0. The maximum atomic E-state index is 11.6. The molecule has 0 bridgehead atoms. The van der Waals surface area contributed by atoms with Gasteiger partial charge in [-0.1, -0.05) is 6.92 Å². The molecule has 8 nitrogen and oxygen atoms in total. The van der Waals surface area contributed by atoms with Crippen LogP contribution in [0, 0.1) is 5.92 Å². The van der Waals surface area contributed by atoms with Crippen molar-refractivity contribution in [3.63, 3.8) is 0 Å². The Morgan fingerprint density at radius 2 is 1.90 bits per heavy atom. The normalized spacial score (nSPS) is 13.3. The van der Waals surface area contributed by atoms with E-state index in [2.05, 4.69) is 5.32 Å². The van der Waals surface area contributed by atoms with E-state index in [0.29, 0.717) is 6.61 Å². The Balaban J connectivity index is 4.31. The van der Waals surface area contributed by atoms with Crippen molar-refractivity contribution < 1.29 is 33.7 Å². The largest absolute Gasteiger partial charge is 0.480 e. The summed E-state index contributed by atoms with van der Waals surface area (Å²) in [5, 5.41) is 11.4. The summed E-state index contributed by atoms with van der Waals surface area (Å²) in [5.74, 6) is -2.86. The predicted octanol–water partition coefficient (Wildman–Crippen LogP) is -0.192. The number of ether oxygens (including phenoxy) is 3. The minimum atomic E-state index is -1.21. The zero-order valence-corrected chi connectivity index (χ0v) is 12.6. The first-order chi connectivity index (χ1) is 9.92. The second-order valence-electron chi connectivity index (χ2n) is 4.42. The molecule has 0 unspecified atom stereocenters. The van der Waals surface area contributed by atoms with Gasteiger partial charge in [-0.15, -0.1) is 0 Å². The van der Waals surface area contributed by atoms with Crippen LogP contribution in [0.4, 0.5) is 0 Å². The molecule has 0 aromatic carbocycles. The number of hydrogen-bond donors (Lipinski definition) is 2. The van der Waals surface area contributed by atoms with E-state index in [1.807, 2.05) is 0 Å². The van der Waals surface area contributed by atoms with Gasteiger partial charge in [0.2, 0.25) is 5.91 Å². The standard InChI is InChI=1S/C13H23NO7/c1-4-21-11(16)7-9(2)12(13(17)18)14-10(15)8-20-6-5-19-3/h9,12H,4-8H2,1-3H3,(H,14,15)(H,17,18)/t9-,12-/m1/s1. The molecular formula is C13H23NO7. The zero-order chi connectivity index (χ0) is 16.3. The van der Waals surface area contributed by atoms with Crippen LogP contribution in [-0.4, -0.2) is 62.5 Å². The van der Waals surface area contributed by atoms with Crippen LogP contribution in [0.2, 0.25) is 0 Å². The van der Waals surface area contributed by atoms with Crippen molar-refractivity contribution in [3.05, 3.63) is 0 Å². The highest BCUT2D eigenvalue weighted by molar-refractivity contribution is 5.85. The Bertz CT molecular complexity index is 345. The molecule has 0 aromatic heterocycles. The zero-order valence-electron chi connectivity index (χ0n) is 12.6. The van der Waals surface area contributed by atoms with Gasteiger partial charge in [0.25, 0.3) is 0 Å². The lowest BCUT2D eigenvalue weighted by Crippen LogP contribution is -2.47. The molecular weight excluding hydrogens is 282 g/mol. The number of rotatable bonds is 11. The molecule has 0 aliphatic heterocycles. The molecule has 0 saturated carbocycles. The van der Waals surface area contributed by atoms with Crippen molar-refractivity contribution in [1.29, 1.82) is 0 Å². The lowest BCUT2D eigenvalue weighted by atomic mass is 9.98. The molecule has 0 rings (SSSR count). The van der Waals surface area contributed by atoms with Gasteiger partial charge < -0.3 is 24.6 Å². The van der Waals surface area contributed by atoms with Gasteiger partial charge >= 0.3 is 11.9 Å². The van der Waals surface area contributed by atoms with Crippen LogP contribution in [0.15, 0.2) is 0 Å². The monoisotopic (exact) mass is 305 g/mol. The van der Waals surface area contributed by atoms with Crippen molar-refractivity contribution in [3.8, 4) is 0 Å². The fourth-order valence-electron chi connectivity index (χ4n) is 1.57. The maximum absolute atomic E-state index is 11.6. The molecule has 0 aliphatic carbocycles. The van der Waals surface area contributed by atoms with Crippen LogP contribution in [0.25, 0.3) is 0 Å². The highest BCUT2D eigenvalue weighted by Gasteiger charge is 2.28. The molecule has 8 heteroatoms. The van der Waals surface area contributed by atoms with Crippen LogP contribution in [0.1, 0.15) is 20.3 Å². The molecule has 0 aliphatic rings. The first kappa shape index (κ1) is 19.3. The number of methoxy groups -OCH3 is 1. The van der Waals surface area contributed by atoms with E-state index in [4.69, 9.17) is 19.3 Å². The van der Waals surface area contributed by atoms with Crippen LogP contribution >= 0.6 is 0 Å². The number of aliphatic carboxylic acids is 1. The van der Waals surface area contributed by atoms with E-state index in [-0.39, 0.29) is 26.2 Å². The Labute approximate surface area is 123 Å². The number of carboxylic acid groups (broad SMARTS) is 1. The first-order valence-corrected chi connectivity index (χ1v) is 6.66. The maximum Gasteiger partial charge on any atom is 0.326 e. The Hall–Kier alpha value is -1.67. The average Bonchev–Trinajstić information content (AvgIpc) is 2.40. The third-order valence-electron chi connectivity index (χ3n) is 2.61. The molecule has 2 atom stereocenters. The molecule has 2 N–H and O–H groups in total. The highest BCUT2D eigenvalue weighted by Crippen LogP contribution is 2.10. The number of carbonyl (C=O) groups is 3. The molecule has 0 aromatic rings. The van der Waals surface area contributed by atoms with Gasteiger partial charge in [0.15, 0.2) is 0 Å². The molecule has 21 heavy (non-hydrogen) atoms. The second kappa shape index (κ2) is 11.0. The van der Waals surface area contributed by atoms with Gasteiger partial charge in [-0.25, -0.2) is 4.79 Å². The molecule has 0 saturated heterocycles. The van der Waals surface area contributed by atoms with Crippen molar-refractivity contribution >= 4 is 17.8 Å². The molecule has 0 heterocycles. The Morgan fingerprint density at radius 1 is 1.24 bits per heavy atom. The van der Waals surface area contributed by atoms with E-state index < -0.39 is 29.8 Å². The lowest BCUT2D eigenvalue weighted by Gasteiger charge is -2.20. The molecule has 0 fully saturated rings. The Morgan fingerprint density at radius 3 is 2.43 bits per heavy atom. The smallest absolute Gasteiger partial charge is 0.326 e. The van der Waals surface area contributed by atoms with E-state index >= 15 is 0 Å². The predicted molar refractivity (Wildman–Crippen MR) is 72.7 cm³/mol. The topological polar surface area (TPSA) is 111 Å². The van der Waals surface area contributed by atoms with Crippen molar-refractivity contribution in [2.24, 2.45) is 5.92 Å². The molecule has 1 amide bonds. The summed E-state index contributed by atoms with van der Waals surface area (Å²) in [6, 6.07) is -1.17. The van der Waals surface area contributed by atoms with E-state index in [1.54, 1.807) is 13.8 Å². The molecule has 0 spiro atoms. The minimum absolute atomic E-state index is 0.0877. The third-order valence-corrected chi connectivity index (χ3v) is 2.61. The van der Waals surface area contributed by atoms with Crippen molar-refractivity contribution in [2.75, 3.05) is 33.5 Å². The molecule has 0 radical (unpaired) electrons. The number of esters is 1. The fourth-order valence-corrected chi connectivity index (χ4v) is 1.57. The summed E-state index contributed by atoms with van der Waals surface area (Å²) in [6.07, 6.45) is -0.0877. The van der Waals surface area contributed by atoms with Crippen LogP contribution in [0.3, 0.4) is 0 Å². The van der Waals surface area contributed by atoms with Gasteiger partial charge in [-0.3, -0.25) is 9.59 Å². The quantitative estimate of drug-likeness (QED) is 0.402. The van der Waals surface area contributed by atoms with Gasteiger partial charge in [0.05, 0.1) is 26.2 Å². The van der Waals surface area contributed by atoms with Crippen LogP contribution in [-0.2, 0) is 28.6 Å². The van der Waals surface area contributed by atoms with E-state index in [1.165, 1.54) is 7.11 Å². The number of nitrogens with one attached hydrogen (secondary N) is 1. The Kier molecular flexibility index (Phi) is 10.2. The summed E-state index contributed by atoms with van der Waals surface area (Å²) in [4.78, 5) is 34.1. The summed E-state index contributed by atoms with van der Waals surface area (Å²) in [5.41, 5.74) is 0. The van der Waals surface area contributed by atoms with Crippen LogP contribution in [0.5, 0.6) is 0 Å². The van der Waals surface area contributed by atoms with Crippen LogP contribution < -0.4 is 5.32 Å².